The number of aromatic nitrogens is 3. The van der Waals surface area contributed by atoms with Crippen LogP contribution in [-0.4, -0.2) is 14.5 Å². The fraction of sp³-hybridized carbons (Fsp3) is 0. The van der Waals surface area contributed by atoms with Crippen molar-refractivity contribution < 1.29 is 4.42 Å². The number of hydrogen-bond donors (Lipinski definition) is 0. The Morgan fingerprint density at radius 3 is 1.77 bits per heavy atom. The Balaban J connectivity index is 1.36. The van der Waals surface area contributed by atoms with Crippen LogP contribution in [0.2, 0.25) is 0 Å². The molecule has 0 spiro atoms. The minimum Gasteiger partial charge on any atom is -0.456 e. The summed E-state index contributed by atoms with van der Waals surface area (Å²) in [6, 6.07) is 60.2. The van der Waals surface area contributed by atoms with Gasteiger partial charge in [0.25, 0.3) is 0 Å². The standard InChI is InChI=1S/C47H28N4O/c48-29-38-44(31-16-6-2-7-17-31)49-47(50-45(38)32-18-8-3-9-19-32)37-28-33(30-14-4-1-5-15-30)24-26-40(37)51-39-22-12-10-20-34(39)35-25-27-42-43(46(35)51)36-21-11-13-23-41(36)52-42/h1-28H. The number of fused-ring (bicyclic) bond motifs is 7. The highest BCUT2D eigenvalue weighted by Gasteiger charge is 2.24. The number of nitriles is 1. The molecule has 7 aromatic carbocycles. The van der Waals surface area contributed by atoms with Crippen molar-refractivity contribution in [1.29, 1.82) is 5.26 Å². The molecule has 0 aliphatic rings. The normalized spacial score (nSPS) is 11.4. The molecule has 0 bridgehead atoms. The van der Waals surface area contributed by atoms with Gasteiger partial charge in [0.05, 0.1) is 33.5 Å². The Kier molecular flexibility index (Phi) is 6.80. The van der Waals surface area contributed by atoms with Gasteiger partial charge in [-0.3, -0.25) is 0 Å². The van der Waals surface area contributed by atoms with E-state index >= 15 is 0 Å². The number of nitrogens with zero attached hydrogens (tertiary/aromatic N) is 4. The number of furan rings is 1. The van der Waals surface area contributed by atoms with E-state index < -0.39 is 0 Å². The molecule has 0 aliphatic carbocycles. The maximum atomic E-state index is 10.6. The van der Waals surface area contributed by atoms with Crippen LogP contribution in [0, 0.1) is 11.3 Å². The number of para-hydroxylation sites is 2. The van der Waals surface area contributed by atoms with Gasteiger partial charge in [-0.2, -0.15) is 5.26 Å². The molecule has 3 aromatic heterocycles. The van der Waals surface area contributed by atoms with Crippen LogP contribution in [0.4, 0.5) is 0 Å². The van der Waals surface area contributed by atoms with Crippen molar-refractivity contribution in [1.82, 2.24) is 14.5 Å². The van der Waals surface area contributed by atoms with Crippen LogP contribution < -0.4 is 0 Å². The average molecular weight is 665 g/mol. The molecule has 5 heteroatoms. The van der Waals surface area contributed by atoms with Crippen molar-refractivity contribution in [3.8, 4) is 56.8 Å². The summed E-state index contributed by atoms with van der Waals surface area (Å²) < 4.78 is 8.76. The van der Waals surface area contributed by atoms with Crippen molar-refractivity contribution in [2.75, 3.05) is 0 Å². The lowest BCUT2D eigenvalue weighted by atomic mass is 9.98. The molecule has 5 nitrogen and oxygen atoms in total. The third kappa shape index (κ3) is 4.63. The summed E-state index contributed by atoms with van der Waals surface area (Å²) in [5.74, 6) is 0.527. The van der Waals surface area contributed by atoms with E-state index in [1.165, 1.54) is 0 Å². The van der Waals surface area contributed by atoms with Gasteiger partial charge in [0, 0.05) is 32.8 Å². The predicted molar refractivity (Wildman–Crippen MR) is 210 cm³/mol. The highest BCUT2D eigenvalue weighted by molar-refractivity contribution is 6.24. The first kappa shape index (κ1) is 29.6. The third-order valence-electron chi connectivity index (χ3n) is 9.88. The molecule has 10 rings (SSSR count). The van der Waals surface area contributed by atoms with Gasteiger partial charge in [-0.1, -0.05) is 133 Å². The molecular weight excluding hydrogens is 637 g/mol. The van der Waals surface area contributed by atoms with Gasteiger partial charge in [0.2, 0.25) is 0 Å². The van der Waals surface area contributed by atoms with Crippen LogP contribution in [0.15, 0.2) is 174 Å². The van der Waals surface area contributed by atoms with E-state index in [2.05, 4.69) is 102 Å². The lowest BCUT2D eigenvalue weighted by Crippen LogP contribution is -2.04. The van der Waals surface area contributed by atoms with Crippen molar-refractivity contribution in [3.05, 3.63) is 175 Å². The zero-order chi connectivity index (χ0) is 34.6. The maximum Gasteiger partial charge on any atom is 0.162 e. The van der Waals surface area contributed by atoms with Crippen molar-refractivity contribution in [3.63, 3.8) is 0 Å². The Hall–Kier alpha value is -7.29. The molecule has 0 N–H and O–H groups in total. The molecule has 0 amide bonds. The molecule has 0 unspecified atom stereocenters. The van der Waals surface area contributed by atoms with Crippen LogP contribution in [-0.2, 0) is 0 Å². The van der Waals surface area contributed by atoms with Gasteiger partial charge in [-0.15, -0.1) is 0 Å². The maximum absolute atomic E-state index is 10.6. The van der Waals surface area contributed by atoms with Gasteiger partial charge < -0.3 is 8.98 Å². The van der Waals surface area contributed by atoms with E-state index in [1.807, 2.05) is 78.9 Å². The highest BCUT2D eigenvalue weighted by atomic mass is 16.3. The molecule has 0 atom stereocenters. The summed E-state index contributed by atoms with van der Waals surface area (Å²) in [7, 11) is 0. The predicted octanol–water partition coefficient (Wildman–Crippen LogP) is 12.0. The molecule has 0 aliphatic heterocycles. The van der Waals surface area contributed by atoms with E-state index in [-0.39, 0.29) is 0 Å². The Labute approximate surface area is 299 Å². The largest absolute Gasteiger partial charge is 0.456 e. The monoisotopic (exact) mass is 664 g/mol. The average Bonchev–Trinajstić information content (AvgIpc) is 3.77. The lowest BCUT2D eigenvalue weighted by molar-refractivity contribution is 0.669. The summed E-state index contributed by atoms with van der Waals surface area (Å²) in [6.07, 6.45) is 0. The number of benzene rings is 7. The second kappa shape index (κ2) is 11.9. The zero-order valence-electron chi connectivity index (χ0n) is 27.9. The molecule has 0 saturated carbocycles. The minimum absolute atomic E-state index is 0.436. The quantitative estimate of drug-likeness (QED) is 0.184. The van der Waals surface area contributed by atoms with Gasteiger partial charge in [-0.05, 0) is 47.5 Å². The van der Waals surface area contributed by atoms with Crippen LogP contribution >= 0.6 is 0 Å². The summed E-state index contributed by atoms with van der Waals surface area (Å²) >= 11 is 0. The molecule has 242 valence electrons. The van der Waals surface area contributed by atoms with Crippen molar-refractivity contribution in [2.45, 2.75) is 0 Å². The Morgan fingerprint density at radius 2 is 1.10 bits per heavy atom. The third-order valence-corrected chi connectivity index (χ3v) is 9.88. The molecule has 0 saturated heterocycles. The summed E-state index contributed by atoms with van der Waals surface area (Å²) in [5.41, 5.74) is 11.0. The van der Waals surface area contributed by atoms with Crippen LogP contribution in [0.3, 0.4) is 0 Å². The molecule has 0 fully saturated rings. The van der Waals surface area contributed by atoms with E-state index in [9.17, 15) is 5.26 Å². The molecular formula is C47H28N4O. The SMILES string of the molecule is N#Cc1c(-c2ccccc2)nc(-c2cc(-c3ccccc3)ccc2-n2c3ccccc3c3ccc4oc5ccccc5c4c32)nc1-c1ccccc1. The fourth-order valence-corrected chi connectivity index (χ4v) is 7.53. The highest BCUT2D eigenvalue weighted by Crippen LogP contribution is 2.43. The van der Waals surface area contributed by atoms with Crippen molar-refractivity contribution in [2.24, 2.45) is 0 Å². The second-order valence-corrected chi connectivity index (χ2v) is 12.8. The zero-order valence-corrected chi connectivity index (χ0v) is 27.9. The molecule has 3 heterocycles. The van der Waals surface area contributed by atoms with Crippen molar-refractivity contribution >= 4 is 43.7 Å². The van der Waals surface area contributed by atoms with Gasteiger partial charge in [0.15, 0.2) is 5.82 Å². The summed E-state index contributed by atoms with van der Waals surface area (Å²) in [5, 5.41) is 15.0. The fourth-order valence-electron chi connectivity index (χ4n) is 7.53. The first-order valence-electron chi connectivity index (χ1n) is 17.2. The molecule has 52 heavy (non-hydrogen) atoms. The first-order valence-corrected chi connectivity index (χ1v) is 17.2. The van der Waals surface area contributed by atoms with Gasteiger partial charge in [0.1, 0.15) is 22.8 Å². The first-order chi connectivity index (χ1) is 25.8. The van der Waals surface area contributed by atoms with Gasteiger partial charge in [-0.25, -0.2) is 9.97 Å². The second-order valence-electron chi connectivity index (χ2n) is 12.8. The van der Waals surface area contributed by atoms with E-state index in [0.29, 0.717) is 22.8 Å². The minimum atomic E-state index is 0.436. The Morgan fingerprint density at radius 1 is 0.500 bits per heavy atom. The lowest BCUT2D eigenvalue weighted by Gasteiger charge is -2.18. The smallest absolute Gasteiger partial charge is 0.162 e. The van der Waals surface area contributed by atoms with E-state index in [4.69, 9.17) is 14.4 Å². The molecule has 0 radical (unpaired) electrons. The topological polar surface area (TPSA) is 67.6 Å². The van der Waals surface area contributed by atoms with E-state index in [0.717, 1.165) is 77.2 Å². The summed E-state index contributed by atoms with van der Waals surface area (Å²) in [4.78, 5) is 10.5. The number of hydrogen-bond acceptors (Lipinski definition) is 4. The Bertz CT molecular complexity index is 2950. The summed E-state index contributed by atoms with van der Waals surface area (Å²) in [6.45, 7) is 0. The van der Waals surface area contributed by atoms with Crippen LogP contribution in [0.1, 0.15) is 5.56 Å². The number of rotatable bonds is 5. The van der Waals surface area contributed by atoms with Crippen LogP contribution in [0.25, 0.3) is 94.5 Å². The van der Waals surface area contributed by atoms with Crippen LogP contribution in [0.5, 0.6) is 0 Å². The van der Waals surface area contributed by atoms with E-state index in [1.54, 1.807) is 0 Å². The van der Waals surface area contributed by atoms with Gasteiger partial charge >= 0.3 is 0 Å². The molecule has 10 aromatic rings.